The first-order valence-electron chi connectivity index (χ1n) is 8.62. The predicted molar refractivity (Wildman–Crippen MR) is 97.4 cm³/mol. The van der Waals surface area contributed by atoms with Crippen molar-refractivity contribution in [2.75, 3.05) is 0 Å². The number of hydrogen-bond donors (Lipinski definition) is 0. The van der Waals surface area contributed by atoms with Crippen LogP contribution in [0.25, 0.3) is 0 Å². The van der Waals surface area contributed by atoms with Crippen molar-refractivity contribution in [3.63, 3.8) is 0 Å². The van der Waals surface area contributed by atoms with Gasteiger partial charge in [-0.3, -0.25) is 0 Å². The Labute approximate surface area is 136 Å². The van der Waals surface area contributed by atoms with Crippen molar-refractivity contribution in [3.05, 3.63) is 60.0 Å². The van der Waals surface area contributed by atoms with Crippen LogP contribution in [0.15, 0.2) is 60.0 Å². The van der Waals surface area contributed by atoms with Crippen molar-refractivity contribution in [1.29, 1.82) is 0 Å². The first kappa shape index (κ1) is 16.9. The standard InChI is InChI=1S/C21H31N/c1-8-11-12-19-13-21(19,10-3)22-14-18(9-2)16(6)17(7)20(22)15(4)5/h9,14,19H,2,4,6,8,10-13H2,1,3,5,7H3. The molecule has 0 bridgehead atoms. The number of unbranched alkanes of at least 4 members (excludes halogenated alkanes) is 1. The smallest absolute Gasteiger partial charge is 0.0475 e. The SMILES string of the molecule is C=CC1=CN(C2(CC)CC2CCCC)C(C(=C)C)=C(C)C1=C. The third kappa shape index (κ3) is 2.62. The quantitative estimate of drug-likeness (QED) is 0.545. The molecular weight excluding hydrogens is 266 g/mol. The second-order valence-electron chi connectivity index (χ2n) is 6.89. The average molecular weight is 297 g/mol. The molecule has 2 unspecified atom stereocenters. The lowest BCUT2D eigenvalue weighted by atomic mass is 9.90. The minimum Gasteiger partial charge on any atom is -0.341 e. The minimum absolute atomic E-state index is 0.277. The van der Waals surface area contributed by atoms with Crippen LogP contribution in [-0.2, 0) is 0 Å². The molecule has 2 atom stereocenters. The van der Waals surface area contributed by atoms with Crippen molar-refractivity contribution in [1.82, 2.24) is 4.90 Å². The Morgan fingerprint density at radius 1 is 1.45 bits per heavy atom. The molecule has 1 nitrogen and oxygen atoms in total. The summed E-state index contributed by atoms with van der Waals surface area (Å²) in [4.78, 5) is 2.51. The van der Waals surface area contributed by atoms with E-state index < -0.39 is 0 Å². The topological polar surface area (TPSA) is 3.24 Å². The molecule has 0 amide bonds. The van der Waals surface area contributed by atoms with Crippen LogP contribution in [-0.4, -0.2) is 10.4 Å². The van der Waals surface area contributed by atoms with Crippen molar-refractivity contribution in [3.8, 4) is 0 Å². The normalized spacial score (nSPS) is 27.8. The second-order valence-corrected chi connectivity index (χ2v) is 6.89. The summed E-state index contributed by atoms with van der Waals surface area (Å²) in [6.45, 7) is 21.3. The van der Waals surface area contributed by atoms with E-state index in [2.05, 4.69) is 58.5 Å². The number of nitrogens with zero attached hydrogens (tertiary/aromatic N) is 1. The zero-order valence-electron chi connectivity index (χ0n) is 14.8. The van der Waals surface area contributed by atoms with E-state index in [-0.39, 0.29) is 5.54 Å². The molecule has 0 N–H and O–H groups in total. The van der Waals surface area contributed by atoms with E-state index in [9.17, 15) is 0 Å². The molecule has 1 fully saturated rings. The van der Waals surface area contributed by atoms with Gasteiger partial charge < -0.3 is 4.90 Å². The van der Waals surface area contributed by atoms with Gasteiger partial charge in [-0.05, 0) is 61.3 Å². The molecule has 0 saturated heterocycles. The molecule has 0 spiro atoms. The highest BCUT2D eigenvalue weighted by atomic mass is 15.2. The molecule has 2 rings (SSSR count). The maximum Gasteiger partial charge on any atom is 0.0475 e. The van der Waals surface area contributed by atoms with E-state index in [4.69, 9.17) is 0 Å². The van der Waals surface area contributed by atoms with Crippen LogP contribution in [0, 0.1) is 5.92 Å². The highest BCUT2D eigenvalue weighted by Crippen LogP contribution is 2.57. The van der Waals surface area contributed by atoms with Crippen LogP contribution in [0.3, 0.4) is 0 Å². The summed E-state index contributed by atoms with van der Waals surface area (Å²) in [5.74, 6) is 0.799. The largest absolute Gasteiger partial charge is 0.341 e. The Kier molecular flexibility index (Phi) is 4.84. The minimum atomic E-state index is 0.277. The molecule has 0 aromatic carbocycles. The summed E-state index contributed by atoms with van der Waals surface area (Å²) in [6.07, 6.45) is 10.6. The molecule has 2 aliphatic rings. The summed E-state index contributed by atoms with van der Waals surface area (Å²) in [6, 6.07) is 0. The molecule has 1 heterocycles. The monoisotopic (exact) mass is 297 g/mol. The van der Waals surface area contributed by atoms with Crippen molar-refractivity contribution < 1.29 is 0 Å². The highest BCUT2D eigenvalue weighted by molar-refractivity contribution is 5.57. The fourth-order valence-electron chi connectivity index (χ4n) is 3.96. The lowest BCUT2D eigenvalue weighted by molar-refractivity contribution is 0.274. The summed E-state index contributed by atoms with van der Waals surface area (Å²) in [7, 11) is 0. The maximum absolute atomic E-state index is 4.25. The van der Waals surface area contributed by atoms with Gasteiger partial charge in [-0.25, -0.2) is 0 Å². The van der Waals surface area contributed by atoms with Crippen LogP contribution >= 0.6 is 0 Å². The Morgan fingerprint density at radius 3 is 2.64 bits per heavy atom. The summed E-state index contributed by atoms with van der Waals surface area (Å²) in [5, 5.41) is 0. The molecule has 1 heteroatoms. The Bertz CT molecular complexity index is 560. The average Bonchev–Trinajstić information content (AvgIpc) is 3.21. The van der Waals surface area contributed by atoms with Gasteiger partial charge in [0.25, 0.3) is 0 Å². The van der Waals surface area contributed by atoms with E-state index in [0.29, 0.717) is 0 Å². The van der Waals surface area contributed by atoms with Gasteiger partial charge in [-0.1, -0.05) is 52.5 Å². The van der Waals surface area contributed by atoms with E-state index in [1.165, 1.54) is 43.4 Å². The van der Waals surface area contributed by atoms with Gasteiger partial charge in [-0.2, -0.15) is 0 Å². The zero-order chi connectivity index (χ0) is 16.5. The molecular formula is C21H31N. The van der Waals surface area contributed by atoms with Crippen molar-refractivity contribution >= 4 is 0 Å². The third-order valence-corrected chi connectivity index (χ3v) is 5.49. The molecule has 0 aromatic heterocycles. The molecule has 1 aliphatic carbocycles. The molecule has 1 aliphatic heterocycles. The van der Waals surface area contributed by atoms with Gasteiger partial charge in [0.2, 0.25) is 0 Å². The van der Waals surface area contributed by atoms with Crippen LogP contribution in [0.1, 0.15) is 59.8 Å². The summed E-state index contributed by atoms with van der Waals surface area (Å²) >= 11 is 0. The van der Waals surface area contributed by atoms with Crippen LogP contribution < -0.4 is 0 Å². The van der Waals surface area contributed by atoms with E-state index in [1.807, 2.05) is 6.08 Å². The lowest BCUT2D eigenvalue weighted by Crippen LogP contribution is -2.37. The van der Waals surface area contributed by atoms with Crippen LogP contribution in [0.4, 0.5) is 0 Å². The number of rotatable bonds is 7. The van der Waals surface area contributed by atoms with Crippen molar-refractivity contribution in [2.45, 2.75) is 65.3 Å². The Morgan fingerprint density at radius 2 is 2.14 bits per heavy atom. The Balaban J connectivity index is 2.42. The van der Waals surface area contributed by atoms with Gasteiger partial charge in [0.15, 0.2) is 0 Å². The fraction of sp³-hybridized carbons (Fsp3) is 0.524. The maximum atomic E-state index is 4.25. The first-order valence-corrected chi connectivity index (χ1v) is 8.62. The predicted octanol–water partition coefficient (Wildman–Crippen LogP) is 6.14. The molecule has 0 radical (unpaired) electrons. The van der Waals surface area contributed by atoms with Gasteiger partial charge in [0.1, 0.15) is 0 Å². The third-order valence-electron chi connectivity index (χ3n) is 5.49. The highest BCUT2D eigenvalue weighted by Gasteiger charge is 2.56. The lowest BCUT2D eigenvalue weighted by Gasteiger charge is -2.39. The number of hydrogen-bond acceptors (Lipinski definition) is 1. The van der Waals surface area contributed by atoms with Gasteiger partial charge in [-0.15, -0.1) is 0 Å². The molecule has 0 aromatic rings. The molecule has 120 valence electrons. The summed E-state index contributed by atoms with van der Waals surface area (Å²) in [5.41, 5.74) is 6.17. The fourth-order valence-corrected chi connectivity index (χ4v) is 3.96. The number of allylic oxidation sites excluding steroid dienone is 5. The molecule has 22 heavy (non-hydrogen) atoms. The van der Waals surface area contributed by atoms with Gasteiger partial charge in [0, 0.05) is 17.4 Å². The van der Waals surface area contributed by atoms with Gasteiger partial charge >= 0.3 is 0 Å². The second kappa shape index (κ2) is 6.32. The van der Waals surface area contributed by atoms with Crippen LogP contribution in [0.2, 0.25) is 0 Å². The first-order chi connectivity index (χ1) is 10.4. The van der Waals surface area contributed by atoms with Crippen molar-refractivity contribution in [2.24, 2.45) is 5.92 Å². The Hall–Kier alpha value is -1.50. The molecule has 1 saturated carbocycles. The van der Waals surface area contributed by atoms with E-state index in [0.717, 1.165) is 22.6 Å². The zero-order valence-corrected chi connectivity index (χ0v) is 14.8. The van der Waals surface area contributed by atoms with Crippen LogP contribution in [0.5, 0.6) is 0 Å². The van der Waals surface area contributed by atoms with E-state index in [1.54, 1.807) is 0 Å². The van der Waals surface area contributed by atoms with E-state index >= 15 is 0 Å². The summed E-state index contributed by atoms with van der Waals surface area (Å²) < 4.78 is 0. The van der Waals surface area contributed by atoms with Gasteiger partial charge in [0.05, 0.1) is 0 Å².